The van der Waals surface area contributed by atoms with E-state index in [1.165, 1.54) is 0 Å². The summed E-state index contributed by atoms with van der Waals surface area (Å²) in [4.78, 5) is 42.6. The fourth-order valence-corrected chi connectivity index (χ4v) is 3.83. The van der Waals surface area contributed by atoms with Gasteiger partial charge in [-0.05, 0) is 85.4 Å². The topological polar surface area (TPSA) is 87.7 Å². The summed E-state index contributed by atoms with van der Waals surface area (Å²) < 4.78 is 5.47. The highest BCUT2D eigenvalue weighted by molar-refractivity contribution is 5.93. The van der Waals surface area contributed by atoms with Crippen molar-refractivity contribution in [2.75, 3.05) is 0 Å². The third-order valence-corrected chi connectivity index (χ3v) is 6.30. The molecule has 0 fully saturated rings. The van der Waals surface area contributed by atoms with Crippen LogP contribution in [0.3, 0.4) is 0 Å². The summed E-state index contributed by atoms with van der Waals surface area (Å²) in [6.45, 7) is 20.7. The number of benzene rings is 1. The average molecular weight is 514 g/mol. The summed E-state index contributed by atoms with van der Waals surface area (Å²) in [5.74, 6) is 1.73. The molecule has 1 aromatic carbocycles. The molecule has 1 rings (SSSR count). The summed E-state index contributed by atoms with van der Waals surface area (Å²) >= 11 is 0. The summed E-state index contributed by atoms with van der Waals surface area (Å²) in [5, 5.41) is 5.85. The minimum absolute atomic E-state index is 0.203. The van der Waals surface area contributed by atoms with E-state index >= 15 is 0 Å². The van der Waals surface area contributed by atoms with Crippen molar-refractivity contribution in [3.8, 4) is 12.3 Å². The number of alkyl carbamates (subject to hydrolysis) is 1. The largest absolute Gasteiger partial charge is 0.444 e. The Kier molecular flexibility index (Phi) is 10.8. The van der Waals surface area contributed by atoms with E-state index in [-0.39, 0.29) is 17.7 Å². The van der Waals surface area contributed by atoms with Gasteiger partial charge in [0.2, 0.25) is 11.8 Å². The maximum Gasteiger partial charge on any atom is 0.408 e. The number of amides is 3. The summed E-state index contributed by atoms with van der Waals surface area (Å²) in [6.07, 6.45) is 6.10. The molecule has 0 spiro atoms. The molecule has 0 heterocycles. The van der Waals surface area contributed by atoms with Crippen molar-refractivity contribution < 1.29 is 19.1 Å². The maximum absolute atomic E-state index is 14.4. The SMILES string of the molecule is C#Cc1ccc(C(C(=O)NC(C)(C)C)N(C(=O)C(NC(=O)OC(C)(C)C)C(C)CC)C(C)(C)CC)cc1. The van der Waals surface area contributed by atoms with Crippen LogP contribution in [0, 0.1) is 18.3 Å². The van der Waals surface area contributed by atoms with Crippen LogP contribution in [-0.4, -0.2) is 45.5 Å². The smallest absolute Gasteiger partial charge is 0.408 e. The first-order chi connectivity index (χ1) is 16.9. The molecule has 0 aliphatic heterocycles. The Morgan fingerprint density at radius 2 is 1.54 bits per heavy atom. The van der Waals surface area contributed by atoms with Crippen LogP contribution >= 0.6 is 0 Å². The number of nitrogens with one attached hydrogen (secondary N) is 2. The second-order valence-electron chi connectivity index (χ2n) is 12.3. The first kappa shape index (κ1) is 32.0. The molecule has 2 N–H and O–H groups in total. The Bertz CT molecular complexity index is 978. The van der Waals surface area contributed by atoms with E-state index in [0.29, 0.717) is 24.0 Å². The fraction of sp³-hybridized carbons (Fsp3) is 0.633. The molecule has 0 radical (unpaired) electrons. The highest BCUT2D eigenvalue weighted by Gasteiger charge is 2.44. The quantitative estimate of drug-likeness (QED) is 0.422. The Morgan fingerprint density at radius 3 is 1.95 bits per heavy atom. The van der Waals surface area contributed by atoms with E-state index in [2.05, 4.69) is 16.6 Å². The van der Waals surface area contributed by atoms with Crippen LogP contribution in [0.5, 0.6) is 0 Å². The van der Waals surface area contributed by atoms with Gasteiger partial charge in [0.25, 0.3) is 0 Å². The molecule has 0 aliphatic rings. The van der Waals surface area contributed by atoms with Crippen molar-refractivity contribution >= 4 is 17.9 Å². The van der Waals surface area contributed by atoms with Crippen molar-refractivity contribution in [2.45, 2.75) is 118 Å². The van der Waals surface area contributed by atoms with Gasteiger partial charge in [0, 0.05) is 16.6 Å². The van der Waals surface area contributed by atoms with E-state index in [0.717, 1.165) is 0 Å². The Labute approximate surface area is 224 Å². The maximum atomic E-state index is 14.4. The van der Waals surface area contributed by atoms with Gasteiger partial charge in [0.05, 0.1) is 0 Å². The number of carbonyl (C=O) groups excluding carboxylic acids is 3. The van der Waals surface area contributed by atoms with Crippen LogP contribution in [0.2, 0.25) is 0 Å². The Balaban J connectivity index is 3.73. The molecule has 3 unspecified atom stereocenters. The van der Waals surface area contributed by atoms with E-state index in [1.54, 1.807) is 49.9 Å². The van der Waals surface area contributed by atoms with Gasteiger partial charge < -0.3 is 20.3 Å². The second-order valence-corrected chi connectivity index (χ2v) is 12.3. The van der Waals surface area contributed by atoms with Crippen LogP contribution in [-0.2, 0) is 14.3 Å². The molecular weight excluding hydrogens is 466 g/mol. The van der Waals surface area contributed by atoms with Crippen LogP contribution in [0.15, 0.2) is 24.3 Å². The Morgan fingerprint density at radius 1 is 1.00 bits per heavy atom. The van der Waals surface area contributed by atoms with Crippen molar-refractivity contribution in [3.05, 3.63) is 35.4 Å². The number of ether oxygens (including phenoxy) is 1. The number of rotatable bonds is 9. The molecule has 1 aromatic rings. The zero-order valence-corrected chi connectivity index (χ0v) is 24.6. The van der Waals surface area contributed by atoms with Gasteiger partial charge in [0.1, 0.15) is 17.7 Å². The number of nitrogens with zero attached hydrogens (tertiary/aromatic N) is 1. The van der Waals surface area contributed by atoms with Crippen molar-refractivity contribution in [3.63, 3.8) is 0 Å². The molecular formula is C30H47N3O4. The van der Waals surface area contributed by atoms with Crippen molar-refractivity contribution in [1.82, 2.24) is 15.5 Å². The molecule has 37 heavy (non-hydrogen) atoms. The summed E-state index contributed by atoms with van der Waals surface area (Å²) in [5.41, 5.74) is -0.650. The lowest BCUT2D eigenvalue weighted by Crippen LogP contribution is -2.61. The van der Waals surface area contributed by atoms with E-state index in [9.17, 15) is 14.4 Å². The summed E-state index contributed by atoms with van der Waals surface area (Å²) in [7, 11) is 0. The van der Waals surface area contributed by atoms with Gasteiger partial charge in [-0.25, -0.2) is 4.79 Å². The van der Waals surface area contributed by atoms with Gasteiger partial charge in [-0.3, -0.25) is 9.59 Å². The average Bonchev–Trinajstić information content (AvgIpc) is 2.77. The molecule has 0 saturated heterocycles. The number of carbonyl (C=O) groups is 3. The lowest BCUT2D eigenvalue weighted by molar-refractivity contribution is -0.151. The highest BCUT2D eigenvalue weighted by Crippen LogP contribution is 2.33. The lowest BCUT2D eigenvalue weighted by Gasteiger charge is -2.45. The lowest BCUT2D eigenvalue weighted by atomic mass is 9.89. The monoisotopic (exact) mass is 513 g/mol. The first-order valence-corrected chi connectivity index (χ1v) is 13.1. The van der Waals surface area contributed by atoms with Crippen molar-refractivity contribution in [1.29, 1.82) is 0 Å². The predicted octanol–water partition coefficient (Wildman–Crippen LogP) is 5.58. The standard InChI is InChI=1S/C30H47N3O4/c1-13-20(4)23(31-27(36)37-29(8,9)10)26(35)33(30(11,12)15-3)24(25(34)32-28(5,6)7)22-18-16-21(14-2)17-19-22/h2,16-20,23-24H,13,15H2,1,3-12H3,(H,31,36)(H,32,34). The van der Waals surface area contributed by atoms with Gasteiger partial charge in [-0.15, -0.1) is 6.42 Å². The minimum Gasteiger partial charge on any atom is -0.444 e. The van der Waals surface area contributed by atoms with Gasteiger partial charge in [0.15, 0.2) is 0 Å². The molecule has 7 nitrogen and oxygen atoms in total. The fourth-order valence-electron chi connectivity index (χ4n) is 3.83. The highest BCUT2D eigenvalue weighted by atomic mass is 16.6. The molecule has 3 amide bonds. The van der Waals surface area contributed by atoms with E-state index in [4.69, 9.17) is 11.2 Å². The molecule has 206 valence electrons. The predicted molar refractivity (Wildman–Crippen MR) is 149 cm³/mol. The van der Waals surface area contributed by atoms with Gasteiger partial charge >= 0.3 is 6.09 Å². The molecule has 0 aromatic heterocycles. The number of hydrogen-bond acceptors (Lipinski definition) is 4. The third kappa shape index (κ3) is 9.42. The van der Waals surface area contributed by atoms with Crippen molar-refractivity contribution in [2.24, 2.45) is 5.92 Å². The van der Waals surface area contributed by atoms with E-state index in [1.807, 2.05) is 55.4 Å². The second kappa shape index (κ2) is 12.5. The normalized spacial score (nSPS) is 14.5. The third-order valence-electron chi connectivity index (χ3n) is 6.30. The first-order valence-electron chi connectivity index (χ1n) is 13.1. The molecule has 7 heteroatoms. The van der Waals surface area contributed by atoms with Crippen LogP contribution in [0.25, 0.3) is 0 Å². The van der Waals surface area contributed by atoms with Crippen LogP contribution in [0.1, 0.15) is 106 Å². The number of hydrogen-bond donors (Lipinski definition) is 2. The molecule has 0 saturated carbocycles. The van der Waals surface area contributed by atoms with Crippen LogP contribution in [0.4, 0.5) is 4.79 Å². The van der Waals surface area contributed by atoms with Gasteiger partial charge in [-0.1, -0.05) is 45.2 Å². The number of terminal acetylenes is 1. The molecule has 3 atom stereocenters. The summed E-state index contributed by atoms with van der Waals surface area (Å²) in [6, 6.07) is 5.27. The zero-order chi connectivity index (χ0) is 28.8. The minimum atomic E-state index is -0.944. The Hall–Kier alpha value is -3.01. The zero-order valence-electron chi connectivity index (χ0n) is 24.6. The molecule has 0 aliphatic carbocycles. The van der Waals surface area contributed by atoms with E-state index < -0.39 is 34.9 Å². The van der Waals surface area contributed by atoms with Crippen LogP contribution < -0.4 is 10.6 Å². The molecule has 0 bridgehead atoms. The van der Waals surface area contributed by atoms with Gasteiger partial charge in [-0.2, -0.15) is 0 Å².